The Labute approximate surface area is 97.1 Å². The maximum Gasteiger partial charge on any atom is 0.123 e. The van der Waals surface area contributed by atoms with E-state index < -0.39 is 0 Å². The van der Waals surface area contributed by atoms with Gasteiger partial charge in [-0.25, -0.2) is 4.39 Å². The van der Waals surface area contributed by atoms with Gasteiger partial charge in [0.1, 0.15) is 5.82 Å². The molecule has 3 atom stereocenters. The Bertz CT molecular complexity index is 375. The molecule has 16 heavy (non-hydrogen) atoms. The summed E-state index contributed by atoms with van der Waals surface area (Å²) in [7, 11) is 2.03. The molecule has 0 heterocycles. The number of hydrogen-bond acceptors (Lipinski definition) is 1. The molecule has 3 unspecified atom stereocenters. The summed E-state index contributed by atoms with van der Waals surface area (Å²) in [5.41, 5.74) is 2.42. The molecule has 0 amide bonds. The van der Waals surface area contributed by atoms with Crippen molar-refractivity contribution < 1.29 is 4.39 Å². The first-order chi connectivity index (χ1) is 7.63. The van der Waals surface area contributed by atoms with Crippen molar-refractivity contribution in [1.82, 2.24) is 5.32 Å². The van der Waals surface area contributed by atoms with Crippen LogP contribution in [0.4, 0.5) is 4.39 Å². The van der Waals surface area contributed by atoms with Crippen LogP contribution in [0.25, 0.3) is 0 Å². The van der Waals surface area contributed by atoms with Crippen molar-refractivity contribution in [3.63, 3.8) is 0 Å². The van der Waals surface area contributed by atoms with Crippen LogP contribution in [0.1, 0.15) is 36.8 Å². The van der Waals surface area contributed by atoms with Gasteiger partial charge in [-0.2, -0.15) is 0 Å². The molecule has 2 heteroatoms. The lowest BCUT2D eigenvalue weighted by atomic mass is 9.86. The molecule has 0 aliphatic heterocycles. The SMILES string of the molecule is CNC1CCC(c2ccc(F)cc2C)C1C. The zero-order chi connectivity index (χ0) is 11.7. The molecule has 1 saturated carbocycles. The Kier molecular flexibility index (Phi) is 3.29. The highest BCUT2D eigenvalue weighted by atomic mass is 19.1. The summed E-state index contributed by atoms with van der Waals surface area (Å²) in [6.07, 6.45) is 2.43. The Morgan fingerprint density at radius 3 is 2.62 bits per heavy atom. The van der Waals surface area contributed by atoms with E-state index in [1.165, 1.54) is 18.4 Å². The molecule has 0 aromatic heterocycles. The number of benzene rings is 1. The van der Waals surface area contributed by atoms with Gasteiger partial charge in [-0.15, -0.1) is 0 Å². The third-order valence-corrected chi connectivity index (χ3v) is 4.06. The van der Waals surface area contributed by atoms with E-state index in [1.54, 1.807) is 12.1 Å². The number of halogens is 1. The van der Waals surface area contributed by atoms with Crippen LogP contribution in [0.3, 0.4) is 0 Å². The zero-order valence-corrected chi connectivity index (χ0v) is 10.3. The predicted molar refractivity (Wildman–Crippen MR) is 65.1 cm³/mol. The minimum atomic E-state index is -0.128. The highest BCUT2D eigenvalue weighted by Crippen LogP contribution is 2.40. The Hall–Kier alpha value is -0.890. The molecule has 1 nitrogen and oxygen atoms in total. The molecule has 1 fully saturated rings. The topological polar surface area (TPSA) is 12.0 Å². The van der Waals surface area contributed by atoms with Gasteiger partial charge in [-0.05, 0) is 61.9 Å². The van der Waals surface area contributed by atoms with Crippen LogP contribution >= 0.6 is 0 Å². The van der Waals surface area contributed by atoms with Gasteiger partial charge in [0.2, 0.25) is 0 Å². The second-order valence-electron chi connectivity index (χ2n) is 4.94. The molecule has 1 aliphatic carbocycles. The average Bonchev–Trinajstić information content (AvgIpc) is 2.60. The molecule has 88 valence electrons. The van der Waals surface area contributed by atoms with Crippen molar-refractivity contribution in [2.75, 3.05) is 7.05 Å². The van der Waals surface area contributed by atoms with Crippen molar-refractivity contribution in [2.45, 2.75) is 38.6 Å². The van der Waals surface area contributed by atoms with E-state index >= 15 is 0 Å². The molecule has 1 N–H and O–H groups in total. The fourth-order valence-electron chi connectivity index (χ4n) is 3.07. The Morgan fingerprint density at radius 1 is 1.31 bits per heavy atom. The van der Waals surface area contributed by atoms with E-state index in [4.69, 9.17) is 0 Å². The van der Waals surface area contributed by atoms with Gasteiger partial charge in [0.25, 0.3) is 0 Å². The number of nitrogens with one attached hydrogen (secondary N) is 1. The second-order valence-corrected chi connectivity index (χ2v) is 4.94. The lowest BCUT2D eigenvalue weighted by Gasteiger charge is -2.22. The van der Waals surface area contributed by atoms with Crippen molar-refractivity contribution >= 4 is 0 Å². The van der Waals surface area contributed by atoms with E-state index in [0.29, 0.717) is 17.9 Å². The van der Waals surface area contributed by atoms with Gasteiger partial charge >= 0.3 is 0 Å². The first kappa shape index (κ1) is 11.6. The number of hydrogen-bond donors (Lipinski definition) is 1. The standard InChI is InChI=1S/C14H20FN/c1-9-8-11(15)4-5-12(9)13-6-7-14(16-3)10(13)2/h4-5,8,10,13-14,16H,6-7H2,1-3H3. The van der Waals surface area contributed by atoms with Crippen LogP contribution in [0.2, 0.25) is 0 Å². The van der Waals surface area contributed by atoms with Crippen LogP contribution in [-0.4, -0.2) is 13.1 Å². The molecule has 1 aromatic rings. The summed E-state index contributed by atoms with van der Waals surface area (Å²) in [6.45, 7) is 4.31. The van der Waals surface area contributed by atoms with Gasteiger partial charge in [0.15, 0.2) is 0 Å². The lowest BCUT2D eigenvalue weighted by Crippen LogP contribution is -2.28. The summed E-state index contributed by atoms with van der Waals surface area (Å²) < 4.78 is 13.1. The quantitative estimate of drug-likeness (QED) is 0.808. The summed E-state index contributed by atoms with van der Waals surface area (Å²) in [6, 6.07) is 5.80. The predicted octanol–water partition coefficient (Wildman–Crippen LogP) is 3.24. The van der Waals surface area contributed by atoms with Crippen molar-refractivity contribution in [2.24, 2.45) is 5.92 Å². The van der Waals surface area contributed by atoms with E-state index in [-0.39, 0.29) is 5.82 Å². The molecule has 2 rings (SSSR count). The van der Waals surface area contributed by atoms with E-state index in [9.17, 15) is 4.39 Å². The highest BCUT2D eigenvalue weighted by Gasteiger charge is 2.33. The summed E-state index contributed by atoms with van der Waals surface area (Å²) in [5.74, 6) is 1.09. The van der Waals surface area contributed by atoms with Crippen LogP contribution < -0.4 is 5.32 Å². The van der Waals surface area contributed by atoms with Crippen molar-refractivity contribution in [1.29, 1.82) is 0 Å². The van der Waals surface area contributed by atoms with Crippen LogP contribution in [-0.2, 0) is 0 Å². The molecule has 1 aromatic carbocycles. The minimum absolute atomic E-state index is 0.128. The maximum absolute atomic E-state index is 13.1. The second kappa shape index (κ2) is 4.54. The van der Waals surface area contributed by atoms with E-state index in [1.807, 2.05) is 20.0 Å². The molecule has 1 aliphatic rings. The highest BCUT2D eigenvalue weighted by molar-refractivity contribution is 5.31. The first-order valence-corrected chi connectivity index (χ1v) is 6.06. The summed E-state index contributed by atoms with van der Waals surface area (Å²) in [5, 5.41) is 3.37. The van der Waals surface area contributed by atoms with Gasteiger partial charge in [0.05, 0.1) is 0 Å². The largest absolute Gasteiger partial charge is 0.317 e. The normalized spacial score (nSPS) is 29.6. The van der Waals surface area contributed by atoms with Crippen molar-refractivity contribution in [3.8, 4) is 0 Å². The lowest BCUT2D eigenvalue weighted by molar-refractivity contribution is 0.428. The summed E-state index contributed by atoms with van der Waals surface area (Å²) in [4.78, 5) is 0. The van der Waals surface area contributed by atoms with Crippen LogP contribution in [0.15, 0.2) is 18.2 Å². The molecular formula is C14H20FN. The molecule has 0 spiro atoms. The molecule has 0 bridgehead atoms. The monoisotopic (exact) mass is 221 g/mol. The van der Waals surface area contributed by atoms with Gasteiger partial charge in [-0.3, -0.25) is 0 Å². The van der Waals surface area contributed by atoms with Crippen molar-refractivity contribution in [3.05, 3.63) is 35.1 Å². The Morgan fingerprint density at radius 2 is 2.06 bits per heavy atom. The van der Waals surface area contributed by atoms with Crippen LogP contribution in [0.5, 0.6) is 0 Å². The van der Waals surface area contributed by atoms with E-state index in [0.717, 1.165) is 5.56 Å². The minimum Gasteiger partial charge on any atom is -0.317 e. The van der Waals surface area contributed by atoms with Gasteiger partial charge in [-0.1, -0.05) is 13.0 Å². The van der Waals surface area contributed by atoms with Crippen LogP contribution in [0, 0.1) is 18.7 Å². The first-order valence-electron chi connectivity index (χ1n) is 6.06. The zero-order valence-electron chi connectivity index (χ0n) is 10.3. The third-order valence-electron chi connectivity index (χ3n) is 4.06. The number of rotatable bonds is 2. The third kappa shape index (κ3) is 1.99. The molecular weight excluding hydrogens is 201 g/mol. The molecule has 0 radical (unpaired) electrons. The van der Waals surface area contributed by atoms with Gasteiger partial charge < -0.3 is 5.32 Å². The summed E-state index contributed by atoms with van der Waals surface area (Å²) >= 11 is 0. The van der Waals surface area contributed by atoms with Gasteiger partial charge in [0, 0.05) is 6.04 Å². The van der Waals surface area contributed by atoms with E-state index in [2.05, 4.69) is 12.2 Å². The molecule has 0 saturated heterocycles. The Balaban J connectivity index is 2.25. The average molecular weight is 221 g/mol. The fourth-order valence-corrected chi connectivity index (χ4v) is 3.07. The smallest absolute Gasteiger partial charge is 0.123 e. The number of aryl methyl sites for hydroxylation is 1. The fraction of sp³-hybridized carbons (Fsp3) is 0.571. The maximum atomic E-state index is 13.1.